The number of nitrogens with zero attached hydrogens (tertiary/aromatic N) is 3. The lowest BCUT2D eigenvalue weighted by Gasteiger charge is -2.32. The Labute approximate surface area is 172 Å². The molecule has 2 heterocycles. The summed E-state index contributed by atoms with van der Waals surface area (Å²) in [4.78, 5) is 31.3. The quantitative estimate of drug-likeness (QED) is 0.709. The lowest BCUT2D eigenvalue weighted by Crippen LogP contribution is -2.42. The molecule has 0 atom stereocenters. The lowest BCUT2D eigenvalue weighted by atomic mass is 9.96. The van der Waals surface area contributed by atoms with Crippen LogP contribution in [0.3, 0.4) is 0 Å². The highest BCUT2D eigenvalue weighted by molar-refractivity contribution is 5.89. The van der Waals surface area contributed by atoms with Gasteiger partial charge in [0, 0.05) is 19.6 Å². The number of hydrogen-bond acceptors (Lipinski definition) is 3. The number of para-hydroxylation sites is 2. The summed E-state index contributed by atoms with van der Waals surface area (Å²) < 4.78 is 29.2. The second-order valence-corrected chi connectivity index (χ2v) is 7.55. The molecule has 0 aliphatic carbocycles. The smallest absolute Gasteiger partial charge is 0.322 e. The molecule has 1 saturated heterocycles. The van der Waals surface area contributed by atoms with E-state index in [9.17, 15) is 18.4 Å². The molecule has 0 bridgehead atoms. The van der Waals surface area contributed by atoms with E-state index in [-0.39, 0.29) is 11.5 Å². The fourth-order valence-electron chi connectivity index (χ4n) is 3.87. The number of nitrogens with one attached hydrogen (secondary N) is 1. The Balaban J connectivity index is 1.41. The summed E-state index contributed by atoms with van der Waals surface area (Å²) in [5.74, 6) is -0.749. The Bertz CT molecular complexity index is 1130. The number of carbonyl (C=O) groups is 1. The molecular formula is C22H22F2N4O2. The minimum Gasteiger partial charge on any atom is -0.325 e. The molecule has 0 unspecified atom stereocenters. The topological polar surface area (TPSA) is 67.2 Å². The van der Waals surface area contributed by atoms with E-state index >= 15 is 0 Å². The standard InChI is InChI=1S/C22H22F2N4O2/c1-14-25-19-8-3-2-5-16(19)21(29)28(14)13-15-9-11-27(12-10-15)22(30)26-20-17(23)6-4-7-18(20)24/h2-8,15H,9-13H2,1H3,(H,26,30). The van der Waals surface area contributed by atoms with Crippen LogP contribution in [0.1, 0.15) is 18.7 Å². The molecule has 2 aromatic carbocycles. The zero-order chi connectivity index (χ0) is 21.3. The van der Waals surface area contributed by atoms with Crippen LogP contribution >= 0.6 is 0 Å². The highest BCUT2D eigenvalue weighted by atomic mass is 19.1. The summed E-state index contributed by atoms with van der Waals surface area (Å²) in [6, 6.07) is 10.2. The van der Waals surface area contributed by atoms with Crippen molar-refractivity contribution in [2.45, 2.75) is 26.3 Å². The lowest BCUT2D eigenvalue weighted by molar-refractivity contribution is 0.176. The molecule has 1 fully saturated rings. The highest BCUT2D eigenvalue weighted by Crippen LogP contribution is 2.22. The summed E-state index contributed by atoms with van der Waals surface area (Å²) in [7, 11) is 0. The van der Waals surface area contributed by atoms with Crippen LogP contribution in [0, 0.1) is 24.5 Å². The number of rotatable bonds is 3. The van der Waals surface area contributed by atoms with Gasteiger partial charge < -0.3 is 10.2 Å². The average Bonchev–Trinajstić information content (AvgIpc) is 2.74. The Morgan fingerprint density at radius 3 is 2.47 bits per heavy atom. The maximum atomic E-state index is 13.8. The normalized spacial score (nSPS) is 14.8. The summed E-state index contributed by atoms with van der Waals surface area (Å²) in [6.45, 7) is 3.24. The molecule has 0 saturated carbocycles. The summed E-state index contributed by atoms with van der Waals surface area (Å²) in [5.41, 5.74) is 0.186. The van der Waals surface area contributed by atoms with Gasteiger partial charge in [0.25, 0.3) is 5.56 Å². The Hall–Kier alpha value is -3.29. The first-order valence-electron chi connectivity index (χ1n) is 9.90. The van der Waals surface area contributed by atoms with Crippen LogP contribution in [0.2, 0.25) is 0 Å². The van der Waals surface area contributed by atoms with Crippen molar-refractivity contribution >= 4 is 22.6 Å². The summed E-state index contributed by atoms with van der Waals surface area (Å²) in [6.07, 6.45) is 1.37. The molecule has 1 aliphatic rings. The molecule has 4 rings (SSSR count). The van der Waals surface area contributed by atoms with Gasteiger partial charge in [0.15, 0.2) is 0 Å². The predicted molar refractivity (Wildman–Crippen MR) is 110 cm³/mol. The van der Waals surface area contributed by atoms with E-state index in [1.54, 1.807) is 10.6 Å². The van der Waals surface area contributed by atoms with E-state index in [4.69, 9.17) is 0 Å². The molecular weight excluding hydrogens is 390 g/mol. The summed E-state index contributed by atoms with van der Waals surface area (Å²) >= 11 is 0. The van der Waals surface area contributed by atoms with Gasteiger partial charge in [-0.25, -0.2) is 18.6 Å². The van der Waals surface area contributed by atoms with Gasteiger partial charge in [-0.15, -0.1) is 0 Å². The third kappa shape index (κ3) is 3.90. The van der Waals surface area contributed by atoms with Crippen molar-refractivity contribution in [2.24, 2.45) is 5.92 Å². The van der Waals surface area contributed by atoms with Gasteiger partial charge in [-0.3, -0.25) is 9.36 Å². The van der Waals surface area contributed by atoms with E-state index in [2.05, 4.69) is 10.3 Å². The number of amides is 2. The number of aryl methyl sites for hydroxylation is 1. The number of aromatic nitrogens is 2. The first kappa shape index (κ1) is 20.0. The monoisotopic (exact) mass is 412 g/mol. The van der Waals surface area contributed by atoms with Crippen molar-refractivity contribution in [3.05, 3.63) is 70.3 Å². The molecule has 1 aromatic heterocycles. The summed E-state index contributed by atoms with van der Waals surface area (Å²) in [5, 5.41) is 2.91. The molecule has 30 heavy (non-hydrogen) atoms. The number of fused-ring (bicyclic) bond motifs is 1. The number of hydrogen-bond donors (Lipinski definition) is 1. The van der Waals surface area contributed by atoms with Crippen molar-refractivity contribution in [2.75, 3.05) is 18.4 Å². The Kier molecular flexibility index (Phi) is 5.48. The first-order chi connectivity index (χ1) is 14.4. The fraction of sp³-hybridized carbons (Fsp3) is 0.318. The van der Waals surface area contributed by atoms with Crippen LogP contribution in [0.25, 0.3) is 10.9 Å². The second-order valence-electron chi connectivity index (χ2n) is 7.55. The third-order valence-corrected chi connectivity index (χ3v) is 5.59. The van der Waals surface area contributed by atoms with Gasteiger partial charge in [-0.2, -0.15) is 0 Å². The number of likely N-dealkylation sites (tertiary alicyclic amines) is 1. The molecule has 0 spiro atoms. The molecule has 6 nitrogen and oxygen atoms in total. The van der Waals surface area contributed by atoms with Gasteiger partial charge >= 0.3 is 6.03 Å². The van der Waals surface area contributed by atoms with Crippen molar-refractivity contribution in [1.29, 1.82) is 0 Å². The average molecular weight is 412 g/mol. The van der Waals surface area contributed by atoms with Crippen LogP contribution in [0.4, 0.5) is 19.3 Å². The molecule has 8 heteroatoms. The molecule has 1 aliphatic heterocycles. The van der Waals surface area contributed by atoms with Crippen LogP contribution in [-0.4, -0.2) is 33.6 Å². The number of piperidine rings is 1. The Morgan fingerprint density at radius 2 is 1.77 bits per heavy atom. The van der Waals surface area contributed by atoms with Gasteiger partial charge in [0.1, 0.15) is 23.1 Å². The molecule has 0 radical (unpaired) electrons. The maximum Gasteiger partial charge on any atom is 0.322 e. The van der Waals surface area contributed by atoms with Crippen molar-refractivity contribution in [3.8, 4) is 0 Å². The van der Waals surface area contributed by atoms with Crippen LogP contribution in [0.15, 0.2) is 47.3 Å². The van der Waals surface area contributed by atoms with Crippen LogP contribution in [-0.2, 0) is 6.54 Å². The molecule has 2 amide bonds. The predicted octanol–water partition coefficient (Wildman–Crippen LogP) is 3.93. The molecule has 3 aromatic rings. The van der Waals surface area contributed by atoms with E-state index in [0.29, 0.717) is 49.2 Å². The number of benzene rings is 2. The van der Waals surface area contributed by atoms with E-state index < -0.39 is 23.4 Å². The number of halogens is 2. The second kappa shape index (κ2) is 8.22. The molecule has 1 N–H and O–H groups in total. The van der Waals surface area contributed by atoms with Crippen molar-refractivity contribution < 1.29 is 13.6 Å². The van der Waals surface area contributed by atoms with Gasteiger partial charge in [-0.1, -0.05) is 18.2 Å². The SMILES string of the molecule is Cc1nc2ccccc2c(=O)n1CC1CCN(C(=O)Nc2c(F)cccc2F)CC1. The highest BCUT2D eigenvalue weighted by Gasteiger charge is 2.25. The van der Waals surface area contributed by atoms with Crippen molar-refractivity contribution in [3.63, 3.8) is 0 Å². The van der Waals surface area contributed by atoms with Crippen LogP contribution in [0.5, 0.6) is 0 Å². The molecule has 156 valence electrons. The zero-order valence-corrected chi connectivity index (χ0v) is 16.6. The van der Waals surface area contributed by atoms with E-state index in [0.717, 1.165) is 12.1 Å². The van der Waals surface area contributed by atoms with Crippen molar-refractivity contribution in [1.82, 2.24) is 14.5 Å². The van der Waals surface area contributed by atoms with Gasteiger partial charge in [0.2, 0.25) is 0 Å². The van der Waals surface area contributed by atoms with E-state index in [1.165, 1.54) is 11.0 Å². The minimum absolute atomic E-state index is 0.0618. The van der Waals surface area contributed by atoms with Gasteiger partial charge in [-0.05, 0) is 49.9 Å². The third-order valence-electron chi connectivity index (χ3n) is 5.59. The number of urea groups is 1. The largest absolute Gasteiger partial charge is 0.325 e. The number of anilines is 1. The van der Waals surface area contributed by atoms with Gasteiger partial charge in [0.05, 0.1) is 10.9 Å². The van der Waals surface area contributed by atoms with E-state index in [1.807, 2.05) is 25.1 Å². The Morgan fingerprint density at radius 1 is 1.10 bits per heavy atom. The maximum absolute atomic E-state index is 13.8. The minimum atomic E-state index is -0.808. The first-order valence-corrected chi connectivity index (χ1v) is 9.90. The fourth-order valence-corrected chi connectivity index (χ4v) is 3.87. The number of carbonyl (C=O) groups excluding carboxylic acids is 1. The van der Waals surface area contributed by atoms with Crippen LogP contribution < -0.4 is 10.9 Å². The zero-order valence-electron chi connectivity index (χ0n) is 16.6.